The van der Waals surface area contributed by atoms with Crippen LogP contribution in [0.5, 0.6) is 5.75 Å². The van der Waals surface area contributed by atoms with Crippen LogP contribution in [0.2, 0.25) is 0 Å². The van der Waals surface area contributed by atoms with Gasteiger partial charge in [-0.2, -0.15) is 0 Å². The maximum atomic E-state index is 12.0. The molecule has 0 aliphatic rings. The predicted octanol–water partition coefficient (Wildman–Crippen LogP) is 3.55. The summed E-state index contributed by atoms with van der Waals surface area (Å²) in [7, 11) is 1.61. The molecule has 0 amide bonds. The second kappa shape index (κ2) is 5.21. The summed E-state index contributed by atoms with van der Waals surface area (Å²) in [6, 6.07) is 1.93. The maximum Gasteiger partial charge on any atom is 0.339 e. The molecule has 0 aliphatic carbocycles. The number of benzene rings is 1. The van der Waals surface area contributed by atoms with Crippen LogP contribution in [0.25, 0.3) is 21.5 Å². The summed E-state index contributed by atoms with van der Waals surface area (Å²) in [5.41, 5.74) is 3.46. The number of fused-ring (bicyclic) bond motifs is 1. The van der Waals surface area contributed by atoms with Gasteiger partial charge in [0.05, 0.1) is 12.5 Å². The lowest BCUT2D eigenvalue weighted by Crippen LogP contribution is -2.07. The minimum absolute atomic E-state index is 0.319. The molecule has 3 aromatic rings. The molecule has 0 bridgehead atoms. The van der Waals surface area contributed by atoms with Crippen LogP contribution in [0, 0.1) is 27.7 Å². The molecule has 0 fully saturated rings. The van der Waals surface area contributed by atoms with Crippen molar-refractivity contribution in [3.63, 3.8) is 0 Å². The van der Waals surface area contributed by atoms with Crippen LogP contribution in [-0.4, -0.2) is 17.3 Å². The second-order valence-electron chi connectivity index (χ2n) is 5.22. The van der Waals surface area contributed by atoms with E-state index in [9.17, 15) is 4.79 Å². The lowest BCUT2D eigenvalue weighted by molar-refractivity contribution is 0.418. The fraction of sp³-hybridized carbons (Fsp3) is 0.312. The Balaban J connectivity index is 2.46. The highest BCUT2D eigenvalue weighted by atomic mass is 32.1. The minimum Gasteiger partial charge on any atom is -0.496 e. The summed E-state index contributed by atoms with van der Waals surface area (Å²) in [5, 5.41) is 10.7. The minimum atomic E-state index is -0.319. The smallest absolute Gasteiger partial charge is 0.339 e. The molecule has 2 heterocycles. The first kappa shape index (κ1) is 14.7. The third kappa shape index (κ3) is 2.11. The lowest BCUT2D eigenvalue weighted by Gasteiger charge is -2.13. The van der Waals surface area contributed by atoms with E-state index in [1.165, 1.54) is 11.3 Å². The molecule has 5 nitrogen and oxygen atoms in total. The molecular formula is C16H16N2O3S. The van der Waals surface area contributed by atoms with E-state index in [0.29, 0.717) is 16.9 Å². The molecule has 2 aromatic heterocycles. The molecule has 0 aliphatic heterocycles. The topological polar surface area (TPSA) is 65.2 Å². The molecule has 0 saturated carbocycles. The van der Waals surface area contributed by atoms with Gasteiger partial charge in [0.25, 0.3) is 0 Å². The van der Waals surface area contributed by atoms with Crippen molar-refractivity contribution < 1.29 is 9.15 Å². The van der Waals surface area contributed by atoms with Crippen molar-refractivity contribution in [3.8, 4) is 16.3 Å². The average molecular weight is 316 g/mol. The molecule has 6 heteroatoms. The number of ether oxygens (including phenoxy) is 1. The largest absolute Gasteiger partial charge is 0.496 e. The summed E-state index contributed by atoms with van der Waals surface area (Å²) >= 11 is 1.50. The zero-order chi connectivity index (χ0) is 16.0. The standard InChI is InChI=1S/C16H16N2O3S/c1-7-8(2)16(19)21-14-9(3)11(6-12(20-5)13(7)14)15-18-17-10(4)22-15/h6H,1-5H3. The Hall–Kier alpha value is -2.21. The van der Waals surface area contributed by atoms with Gasteiger partial charge in [-0.25, -0.2) is 4.79 Å². The molecule has 114 valence electrons. The molecule has 0 atom stereocenters. The van der Waals surface area contributed by atoms with Gasteiger partial charge >= 0.3 is 5.63 Å². The first-order chi connectivity index (χ1) is 10.4. The molecule has 0 saturated heterocycles. The third-order valence-corrected chi connectivity index (χ3v) is 4.78. The van der Waals surface area contributed by atoms with Gasteiger partial charge in [0.1, 0.15) is 21.3 Å². The van der Waals surface area contributed by atoms with Gasteiger partial charge in [-0.15, -0.1) is 10.2 Å². The number of aromatic nitrogens is 2. The van der Waals surface area contributed by atoms with Crippen molar-refractivity contribution in [2.24, 2.45) is 0 Å². The van der Waals surface area contributed by atoms with Gasteiger partial charge in [-0.05, 0) is 39.3 Å². The molecule has 3 rings (SSSR count). The number of rotatable bonds is 2. The van der Waals surface area contributed by atoms with Crippen LogP contribution in [0.3, 0.4) is 0 Å². The Labute approximate surface area is 131 Å². The molecular weight excluding hydrogens is 300 g/mol. The van der Waals surface area contributed by atoms with E-state index >= 15 is 0 Å². The number of hydrogen-bond donors (Lipinski definition) is 0. The van der Waals surface area contributed by atoms with E-state index in [2.05, 4.69) is 10.2 Å². The third-order valence-electron chi connectivity index (χ3n) is 3.91. The second-order valence-corrected chi connectivity index (χ2v) is 6.40. The highest BCUT2D eigenvalue weighted by molar-refractivity contribution is 7.14. The lowest BCUT2D eigenvalue weighted by atomic mass is 9.99. The predicted molar refractivity (Wildman–Crippen MR) is 86.9 cm³/mol. The van der Waals surface area contributed by atoms with Gasteiger partial charge in [0.15, 0.2) is 0 Å². The maximum absolute atomic E-state index is 12.0. The fourth-order valence-corrected chi connectivity index (χ4v) is 3.28. The van der Waals surface area contributed by atoms with Crippen LogP contribution < -0.4 is 10.4 Å². The Morgan fingerprint density at radius 2 is 1.82 bits per heavy atom. The molecule has 0 unspecified atom stereocenters. The molecule has 0 N–H and O–H groups in total. The SMILES string of the molecule is COc1cc(-c2nnc(C)s2)c(C)c2oc(=O)c(C)c(C)c12. The first-order valence-corrected chi connectivity index (χ1v) is 7.67. The summed E-state index contributed by atoms with van der Waals surface area (Å²) in [6.07, 6.45) is 0. The van der Waals surface area contributed by atoms with Gasteiger partial charge < -0.3 is 9.15 Å². The Morgan fingerprint density at radius 1 is 1.09 bits per heavy atom. The van der Waals surface area contributed by atoms with Gasteiger partial charge in [-0.3, -0.25) is 0 Å². The van der Waals surface area contributed by atoms with Crippen molar-refractivity contribution in [1.29, 1.82) is 0 Å². The average Bonchev–Trinajstić information content (AvgIpc) is 2.92. The van der Waals surface area contributed by atoms with Crippen LogP contribution in [0.4, 0.5) is 0 Å². The highest BCUT2D eigenvalue weighted by Crippen LogP contribution is 2.38. The van der Waals surface area contributed by atoms with Crippen molar-refractivity contribution in [1.82, 2.24) is 10.2 Å². The van der Waals surface area contributed by atoms with Crippen LogP contribution >= 0.6 is 11.3 Å². The van der Waals surface area contributed by atoms with Crippen LogP contribution in [0.1, 0.15) is 21.7 Å². The molecule has 0 radical (unpaired) electrons. The first-order valence-electron chi connectivity index (χ1n) is 6.86. The van der Waals surface area contributed by atoms with Crippen LogP contribution in [-0.2, 0) is 0 Å². The molecule has 22 heavy (non-hydrogen) atoms. The van der Waals surface area contributed by atoms with Gasteiger partial charge in [0, 0.05) is 16.7 Å². The van der Waals surface area contributed by atoms with Crippen molar-refractivity contribution >= 4 is 22.3 Å². The van der Waals surface area contributed by atoms with E-state index in [0.717, 1.165) is 32.1 Å². The van der Waals surface area contributed by atoms with E-state index in [1.54, 1.807) is 14.0 Å². The quantitative estimate of drug-likeness (QED) is 0.676. The fourth-order valence-electron chi connectivity index (χ4n) is 2.51. The zero-order valence-electron chi connectivity index (χ0n) is 13.1. The molecule has 0 spiro atoms. The summed E-state index contributed by atoms with van der Waals surface area (Å²) < 4.78 is 11.1. The molecule has 1 aromatic carbocycles. The summed E-state index contributed by atoms with van der Waals surface area (Å²) in [5.74, 6) is 0.674. The normalized spacial score (nSPS) is 11.1. The van der Waals surface area contributed by atoms with Gasteiger partial charge in [0.2, 0.25) is 0 Å². The Morgan fingerprint density at radius 3 is 2.41 bits per heavy atom. The van der Waals surface area contributed by atoms with Crippen molar-refractivity contribution in [3.05, 3.63) is 38.2 Å². The Kier molecular flexibility index (Phi) is 3.48. The van der Waals surface area contributed by atoms with Gasteiger partial charge in [-0.1, -0.05) is 11.3 Å². The Bertz CT molecular complexity index is 941. The number of hydrogen-bond acceptors (Lipinski definition) is 6. The number of methoxy groups -OCH3 is 1. The van der Waals surface area contributed by atoms with Crippen LogP contribution in [0.15, 0.2) is 15.3 Å². The van der Waals surface area contributed by atoms with E-state index in [1.807, 2.05) is 26.8 Å². The highest BCUT2D eigenvalue weighted by Gasteiger charge is 2.19. The summed E-state index contributed by atoms with van der Waals surface area (Å²) in [6.45, 7) is 7.50. The number of aryl methyl sites for hydroxylation is 3. The number of nitrogens with zero attached hydrogens (tertiary/aromatic N) is 2. The van der Waals surface area contributed by atoms with E-state index < -0.39 is 0 Å². The van der Waals surface area contributed by atoms with E-state index in [-0.39, 0.29) is 5.63 Å². The summed E-state index contributed by atoms with van der Waals surface area (Å²) in [4.78, 5) is 12.0. The monoisotopic (exact) mass is 316 g/mol. The zero-order valence-corrected chi connectivity index (χ0v) is 13.9. The van der Waals surface area contributed by atoms with Crippen molar-refractivity contribution in [2.75, 3.05) is 7.11 Å². The van der Waals surface area contributed by atoms with E-state index in [4.69, 9.17) is 9.15 Å². The van der Waals surface area contributed by atoms with Crippen molar-refractivity contribution in [2.45, 2.75) is 27.7 Å².